The van der Waals surface area contributed by atoms with Crippen molar-refractivity contribution in [1.29, 1.82) is 0 Å². The van der Waals surface area contributed by atoms with Crippen molar-refractivity contribution in [3.05, 3.63) is 24.0 Å². The van der Waals surface area contributed by atoms with Gasteiger partial charge in [-0.15, -0.1) is 11.8 Å². The zero-order valence-corrected chi connectivity index (χ0v) is 8.85. The summed E-state index contributed by atoms with van der Waals surface area (Å²) in [4.78, 5) is 0.809. The Kier molecular flexibility index (Phi) is 4.22. The van der Waals surface area contributed by atoms with Gasteiger partial charge in [0.2, 0.25) is 0 Å². The molecule has 1 atom stereocenters. The average Bonchev–Trinajstić information content (AvgIpc) is 2.01. The number of anilines is 1. The topological polar surface area (TPSA) is 46.2 Å². The van der Waals surface area contributed by atoms with Gasteiger partial charge in [0.25, 0.3) is 0 Å². The molecule has 1 aromatic carbocycles. The van der Waals surface area contributed by atoms with Crippen molar-refractivity contribution in [3.8, 4) is 0 Å². The van der Waals surface area contributed by atoms with Crippen molar-refractivity contribution in [3.63, 3.8) is 0 Å². The molecule has 14 heavy (non-hydrogen) atoms. The number of rotatable bonds is 4. The van der Waals surface area contributed by atoms with Crippen molar-refractivity contribution in [1.82, 2.24) is 0 Å². The zero-order chi connectivity index (χ0) is 10.6. The molecule has 78 valence electrons. The molecule has 0 aliphatic carbocycles. The smallest absolute Gasteiger partial charge is 0.126 e. The molecule has 0 saturated heterocycles. The first-order chi connectivity index (χ1) is 6.61. The van der Waals surface area contributed by atoms with Crippen LogP contribution in [0.15, 0.2) is 23.1 Å². The summed E-state index contributed by atoms with van der Waals surface area (Å²) in [6.07, 6.45) is 0.696. The monoisotopic (exact) mass is 215 g/mol. The Hall–Kier alpha value is -0.740. The highest BCUT2D eigenvalue weighted by atomic mass is 32.2. The highest BCUT2D eigenvalue weighted by molar-refractivity contribution is 7.99. The maximum atomic E-state index is 12.9. The molecule has 0 saturated carbocycles. The summed E-state index contributed by atoms with van der Waals surface area (Å²) < 4.78 is 12.9. The number of aliphatic hydroxyl groups is 1. The number of nitrogens with two attached hydrogens (primary N) is 1. The summed E-state index contributed by atoms with van der Waals surface area (Å²) in [6, 6.07) is 4.48. The van der Waals surface area contributed by atoms with Crippen LogP contribution in [0.25, 0.3) is 0 Å². The van der Waals surface area contributed by atoms with Gasteiger partial charge in [-0.1, -0.05) is 6.92 Å². The van der Waals surface area contributed by atoms with Crippen molar-refractivity contribution in [2.45, 2.75) is 23.5 Å². The van der Waals surface area contributed by atoms with E-state index in [1.54, 1.807) is 6.07 Å². The van der Waals surface area contributed by atoms with E-state index in [1.807, 2.05) is 6.92 Å². The lowest BCUT2D eigenvalue weighted by Gasteiger charge is -2.09. The maximum absolute atomic E-state index is 12.9. The number of hydrogen-bond acceptors (Lipinski definition) is 3. The molecule has 0 amide bonds. The van der Waals surface area contributed by atoms with E-state index in [2.05, 4.69) is 0 Å². The van der Waals surface area contributed by atoms with Crippen molar-refractivity contribution in [2.24, 2.45) is 0 Å². The fraction of sp³-hybridized carbons (Fsp3) is 0.400. The summed E-state index contributed by atoms with van der Waals surface area (Å²) in [5, 5.41) is 8.98. The highest BCUT2D eigenvalue weighted by Crippen LogP contribution is 2.27. The average molecular weight is 215 g/mol. The molecule has 0 radical (unpaired) electrons. The Morgan fingerprint density at radius 3 is 2.79 bits per heavy atom. The lowest BCUT2D eigenvalue weighted by atomic mass is 10.3. The van der Waals surface area contributed by atoms with Gasteiger partial charge in [-0.25, -0.2) is 4.39 Å². The molecule has 1 unspecified atom stereocenters. The van der Waals surface area contributed by atoms with Crippen LogP contribution in [0.3, 0.4) is 0 Å². The molecule has 0 spiro atoms. The minimum atomic E-state index is -0.316. The Balaban J connectivity index is 2.66. The number of aliphatic hydroxyl groups excluding tert-OH is 1. The Morgan fingerprint density at radius 1 is 1.50 bits per heavy atom. The van der Waals surface area contributed by atoms with Crippen LogP contribution in [0.4, 0.5) is 10.1 Å². The van der Waals surface area contributed by atoms with Gasteiger partial charge in [0, 0.05) is 22.4 Å². The van der Waals surface area contributed by atoms with Crippen LogP contribution < -0.4 is 5.73 Å². The lowest BCUT2D eigenvalue weighted by molar-refractivity contribution is 0.289. The Labute approximate surface area is 87.3 Å². The van der Waals surface area contributed by atoms with Gasteiger partial charge in [-0.05, 0) is 24.6 Å². The van der Waals surface area contributed by atoms with E-state index in [0.717, 1.165) is 4.90 Å². The SMILES string of the molecule is CC(CCO)Sc1cc(N)cc(F)c1. The third-order valence-corrected chi connectivity index (χ3v) is 2.91. The number of nitrogen functional groups attached to an aromatic ring is 1. The highest BCUT2D eigenvalue weighted by Gasteiger charge is 2.05. The van der Waals surface area contributed by atoms with Gasteiger partial charge in [0.05, 0.1) is 0 Å². The van der Waals surface area contributed by atoms with Crippen LogP contribution in [0, 0.1) is 5.82 Å². The summed E-state index contributed by atoms with van der Waals surface area (Å²) in [7, 11) is 0. The molecule has 0 aliphatic rings. The van der Waals surface area contributed by atoms with E-state index in [0.29, 0.717) is 12.1 Å². The standard InChI is InChI=1S/C10H14FNOS/c1-7(2-3-13)14-10-5-8(11)4-9(12)6-10/h4-7,13H,2-3,12H2,1H3. The molecule has 1 aromatic rings. The van der Waals surface area contributed by atoms with Gasteiger partial charge in [-0.3, -0.25) is 0 Å². The second kappa shape index (κ2) is 5.22. The summed E-state index contributed by atoms with van der Waals surface area (Å²) in [5.41, 5.74) is 5.94. The molecule has 0 fully saturated rings. The number of thioether (sulfide) groups is 1. The van der Waals surface area contributed by atoms with E-state index < -0.39 is 0 Å². The fourth-order valence-electron chi connectivity index (χ4n) is 1.13. The number of benzene rings is 1. The first-order valence-corrected chi connectivity index (χ1v) is 5.33. The molecule has 2 nitrogen and oxygen atoms in total. The predicted molar refractivity (Wildman–Crippen MR) is 57.8 cm³/mol. The molecule has 0 aromatic heterocycles. The largest absolute Gasteiger partial charge is 0.399 e. The first-order valence-electron chi connectivity index (χ1n) is 4.45. The molecule has 4 heteroatoms. The predicted octanol–water partition coefficient (Wildman–Crippen LogP) is 2.27. The fourth-order valence-corrected chi connectivity index (χ4v) is 2.20. The second-order valence-electron chi connectivity index (χ2n) is 3.16. The van der Waals surface area contributed by atoms with E-state index in [-0.39, 0.29) is 17.7 Å². The third-order valence-electron chi connectivity index (χ3n) is 1.77. The number of hydrogen-bond donors (Lipinski definition) is 2. The van der Waals surface area contributed by atoms with E-state index in [9.17, 15) is 4.39 Å². The molecule has 0 heterocycles. The van der Waals surface area contributed by atoms with Crippen molar-refractivity contribution >= 4 is 17.4 Å². The van der Waals surface area contributed by atoms with Crippen molar-refractivity contribution < 1.29 is 9.50 Å². The van der Waals surface area contributed by atoms with Gasteiger partial charge >= 0.3 is 0 Å². The van der Waals surface area contributed by atoms with Gasteiger partial charge in [0.1, 0.15) is 5.82 Å². The molecular weight excluding hydrogens is 201 g/mol. The van der Waals surface area contributed by atoms with E-state index in [1.165, 1.54) is 23.9 Å². The van der Waals surface area contributed by atoms with Gasteiger partial charge in [-0.2, -0.15) is 0 Å². The Morgan fingerprint density at radius 2 is 2.21 bits per heavy atom. The second-order valence-corrected chi connectivity index (χ2v) is 4.67. The van der Waals surface area contributed by atoms with Crippen LogP contribution in [-0.2, 0) is 0 Å². The van der Waals surface area contributed by atoms with Crippen LogP contribution >= 0.6 is 11.8 Å². The molecule has 0 bridgehead atoms. The summed E-state index contributed by atoms with van der Waals surface area (Å²) in [6.45, 7) is 2.14. The van der Waals surface area contributed by atoms with Gasteiger partial charge in [0.15, 0.2) is 0 Å². The first kappa shape index (κ1) is 11.3. The number of halogens is 1. The van der Waals surface area contributed by atoms with Crippen LogP contribution in [0.1, 0.15) is 13.3 Å². The minimum absolute atomic E-state index is 0.152. The normalized spacial score (nSPS) is 12.8. The minimum Gasteiger partial charge on any atom is -0.399 e. The molecule has 0 aliphatic heterocycles. The molecular formula is C10H14FNOS. The molecule has 3 N–H and O–H groups in total. The summed E-state index contributed by atoms with van der Waals surface area (Å²) >= 11 is 1.52. The van der Waals surface area contributed by atoms with Crippen LogP contribution in [0.2, 0.25) is 0 Å². The van der Waals surface area contributed by atoms with Crippen molar-refractivity contribution in [2.75, 3.05) is 12.3 Å². The van der Waals surface area contributed by atoms with Crippen LogP contribution in [0.5, 0.6) is 0 Å². The van der Waals surface area contributed by atoms with Crippen LogP contribution in [-0.4, -0.2) is 17.0 Å². The quantitative estimate of drug-likeness (QED) is 0.598. The molecule has 1 rings (SSSR count). The van der Waals surface area contributed by atoms with E-state index in [4.69, 9.17) is 10.8 Å². The Bertz CT molecular complexity index is 286. The summed E-state index contributed by atoms with van der Waals surface area (Å²) in [5.74, 6) is -0.316. The van der Waals surface area contributed by atoms with E-state index >= 15 is 0 Å². The van der Waals surface area contributed by atoms with Gasteiger partial charge < -0.3 is 10.8 Å². The third kappa shape index (κ3) is 3.55. The lowest BCUT2D eigenvalue weighted by Crippen LogP contribution is -1.99. The maximum Gasteiger partial charge on any atom is 0.126 e. The zero-order valence-electron chi connectivity index (χ0n) is 8.03.